The van der Waals surface area contributed by atoms with Crippen LogP contribution >= 0.6 is 0 Å². The van der Waals surface area contributed by atoms with Crippen LogP contribution in [0, 0.1) is 5.82 Å². The lowest BCUT2D eigenvalue weighted by Crippen LogP contribution is -2.31. The minimum Gasteiger partial charge on any atom is -0.481 e. The van der Waals surface area contributed by atoms with Gasteiger partial charge in [0.05, 0.1) is 12.5 Å². The van der Waals surface area contributed by atoms with Gasteiger partial charge in [-0.2, -0.15) is 0 Å². The van der Waals surface area contributed by atoms with Gasteiger partial charge >= 0.3 is 5.97 Å². The van der Waals surface area contributed by atoms with Gasteiger partial charge in [0.1, 0.15) is 5.82 Å². The van der Waals surface area contributed by atoms with Crippen LogP contribution in [0.2, 0.25) is 0 Å². The Kier molecular flexibility index (Phi) is 4.14. The first-order chi connectivity index (χ1) is 9.06. The molecule has 1 aliphatic carbocycles. The van der Waals surface area contributed by atoms with E-state index in [1.54, 1.807) is 6.07 Å². The van der Waals surface area contributed by atoms with E-state index in [0.29, 0.717) is 0 Å². The zero-order chi connectivity index (χ0) is 13.8. The third-order valence-electron chi connectivity index (χ3n) is 3.32. The van der Waals surface area contributed by atoms with E-state index >= 15 is 0 Å². The molecule has 0 aliphatic heterocycles. The van der Waals surface area contributed by atoms with E-state index in [1.807, 2.05) is 0 Å². The van der Waals surface area contributed by atoms with Gasteiger partial charge < -0.3 is 10.4 Å². The molecule has 1 atom stereocenters. The van der Waals surface area contributed by atoms with Crippen molar-refractivity contribution in [1.82, 2.24) is 5.32 Å². The van der Waals surface area contributed by atoms with Crippen LogP contribution in [0.1, 0.15) is 42.9 Å². The zero-order valence-electron chi connectivity index (χ0n) is 10.5. The van der Waals surface area contributed by atoms with Crippen molar-refractivity contribution in [2.45, 2.75) is 38.1 Å². The number of carbonyl (C=O) groups is 2. The first-order valence-corrected chi connectivity index (χ1v) is 6.36. The maximum atomic E-state index is 13.1. The fourth-order valence-corrected chi connectivity index (χ4v) is 2.42. The molecule has 0 fully saturated rings. The summed E-state index contributed by atoms with van der Waals surface area (Å²) < 4.78 is 13.1. The standard InChI is InChI=1S/C14H16FNO3/c15-10-4-5-11-9(8-10)2-1-3-12(11)16-13(17)6-7-14(18)19/h4-5,8,12H,1-3,6-7H2,(H,16,17)(H,18,19). The van der Waals surface area contributed by atoms with Crippen molar-refractivity contribution in [3.63, 3.8) is 0 Å². The van der Waals surface area contributed by atoms with E-state index in [1.165, 1.54) is 12.1 Å². The van der Waals surface area contributed by atoms with Crippen LogP contribution in [0.4, 0.5) is 4.39 Å². The summed E-state index contributed by atoms with van der Waals surface area (Å²) in [6.07, 6.45) is 2.31. The van der Waals surface area contributed by atoms with Gasteiger partial charge in [-0.15, -0.1) is 0 Å². The van der Waals surface area contributed by atoms with Crippen LogP contribution in [0.3, 0.4) is 0 Å². The molecule has 1 unspecified atom stereocenters. The molecule has 19 heavy (non-hydrogen) atoms. The molecule has 2 rings (SSSR count). The van der Waals surface area contributed by atoms with Gasteiger partial charge in [0.25, 0.3) is 0 Å². The van der Waals surface area contributed by atoms with Gasteiger partial charge in [-0.05, 0) is 42.5 Å². The normalized spacial score (nSPS) is 17.6. The van der Waals surface area contributed by atoms with E-state index in [4.69, 9.17) is 5.11 Å². The number of hydrogen-bond acceptors (Lipinski definition) is 2. The maximum absolute atomic E-state index is 13.1. The molecule has 0 bridgehead atoms. The van der Waals surface area contributed by atoms with Gasteiger partial charge in [0, 0.05) is 6.42 Å². The average molecular weight is 265 g/mol. The molecule has 1 aromatic carbocycles. The molecule has 0 spiro atoms. The molecule has 102 valence electrons. The molecule has 0 heterocycles. The van der Waals surface area contributed by atoms with Crippen LogP contribution in [-0.4, -0.2) is 17.0 Å². The fraction of sp³-hybridized carbons (Fsp3) is 0.429. The summed E-state index contributed by atoms with van der Waals surface area (Å²) in [6, 6.07) is 4.46. The number of benzene rings is 1. The fourth-order valence-electron chi connectivity index (χ4n) is 2.42. The van der Waals surface area contributed by atoms with Crippen molar-refractivity contribution in [2.24, 2.45) is 0 Å². The Hall–Kier alpha value is -1.91. The molecule has 0 aromatic heterocycles. The van der Waals surface area contributed by atoms with Gasteiger partial charge in [0.2, 0.25) is 5.91 Å². The number of rotatable bonds is 4. The van der Waals surface area contributed by atoms with E-state index in [2.05, 4.69) is 5.32 Å². The number of hydrogen-bond donors (Lipinski definition) is 2. The molecule has 1 aromatic rings. The van der Waals surface area contributed by atoms with E-state index in [-0.39, 0.29) is 30.6 Å². The highest BCUT2D eigenvalue weighted by Gasteiger charge is 2.22. The molecule has 0 saturated heterocycles. The summed E-state index contributed by atoms with van der Waals surface area (Å²) in [4.78, 5) is 22.1. The summed E-state index contributed by atoms with van der Waals surface area (Å²) in [5.41, 5.74) is 1.87. The van der Waals surface area contributed by atoms with E-state index in [9.17, 15) is 14.0 Å². The molecular weight excluding hydrogens is 249 g/mol. The monoisotopic (exact) mass is 265 g/mol. The first kappa shape index (κ1) is 13.5. The average Bonchev–Trinajstić information content (AvgIpc) is 2.36. The number of halogens is 1. The molecule has 2 N–H and O–H groups in total. The highest BCUT2D eigenvalue weighted by Crippen LogP contribution is 2.30. The van der Waals surface area contributed by atoms with Crippen LogP contribution in [0.25, 0.3) is 0 Å². The second-order valence-electron chi connectivity index (χ2n) is 4.75. The van der Waals surface area contributed by atoms with Crippen molar-refractivity contribution >= 4 is 11.9 Å². The second-order valence-corrected chi connectivity index (χ2v) is 4.75. The summed E-state index contributed by atoms with van der Waals surface area (Å²) in [5.74, 6) is -1.53. The van der Waals surface area contributed by atoms with E-state index in [0.717, 1.165) is 30.4 Å². The molecular formula is C14H16FNO3. The summed E-state index contributed by atoms with van der Waals surface area (Å²) in [7, 11) is 0. The minimum atomic E-state index is -0.985. The van der Waals surface area contributed by atoms with Crippen molar-refractivity contribution in [3.05, 3.63) is 35.1 Å². The van der Waals surface area contributed by atoms with Gasteiger partial charge in [0.15, 0.2) is 0 Å². The Morgan fingerprint density at radius 1 is 1.37 bits per heavy atom. The third kappa shape index (κ3) is 3.53. The smallest absolute Gasteiger partial charge is 0.303 e. The highest BCUT2D eigenvalue weighted by molar-refractivity contribution is 5.81. The van der Waals surface area contributed by atoms with E-state index < -0.39 is 5.97 Å². The Bertz CT molecular complexity index is 501. The van der Waals surface area contributed by atoms with Crippen LogP contribution in [0.15, 0.2) is 18.2 Å². The lowest BCUT2D eigenvalue weighted by molar-refractivity contribution is -0.138. The number of carbonyl (C=O) groups excluding carboxylic acids is 1. The van der Waals surface area contributed by atoms with Crippen molar-refractivity contribution in [2.75, 3.05) is 0 Å². The predicted octanol–water partition coefficient (Wildman–Crippen LogP) is 2.18. The van der Waals surface area contributed by atoms with Crippen molar-refractivity contribution in [1.29, 1.82) is 0 Å². The number of amides is 1. The Morgan fingerprint density at radius 2 is 2.16 bits per heavy atom. The largest absolute Gasteiger partial charge is 0.481 e. The summed E-state index contributed by atoms with van der Waals surface area (Å²) in [6.45, 7) is 0. The topological polar surface area (TPSA) is 66.4 Å². The van der Waals surface area contributed by atoms with Crippen molar-refractivity contribution < 1.29 is 19.1 Å². The first-order valence-electron chi connectivity index (χ1n) is 6.36. The summed E-state index contributed by atoms with van der Waals surface area (Å²) in [5, 5.41) is 11.4. The highest BCUT2D eigenvalue weighted by atomic mass is 19.1. The minimum absolute atomic E-state index is 0.0254. The van der Waals surface area contributed by atoms with Gasteiger partial charge in [-0.25, -0.2) is 4.39 Å². The molecule has 1 amide bonds. The Morgan fingerprint density at radius 3 is 2.89 bits per heavy atom. The number of fused-ring (bicyclic) bond motifs is 1. The number of nitrogens with one attached hydrogen (secondary N) is 1. The number of carboxylic acids is 1. The van der Waals surface area contributed by atoms with Crippen LogP contribution in [0.5, 0.6) is 0 Å². The maximum Gasteiger partial charge on any atom is 0.303 e. The van der Waals surface area contributed by atoms with Crippen molar-refractivity contribution in [3.8, 4) is 0 Å². The molecule has 1 aliphatic rings. The quantitative estimate of drug-likeness (QED) is 0.877. The van der Waals surface area contributed by atoms with Crippen LogP contribution in [-0.2, 0) is 16.0 Å². The zero-order valence-corrected chi connectivity index (χ0v) is 10.5. The lowest BCUT2D eigenvalue weighted by Gasteiger charge is -2.26. The van der Waals surface area contributed by atoms with Gasteiger partial charge in [-0.3, -0.25) is 9.59 Å². The van der Waals surface area contributed by atoms with Crippen LogP contribution < -0.4 is 5.32 Å². The predicted molar refractivity (Wildman–Crippen MR) is 67.1 cm³/mol. The Balaban J connectivity index is 2.03. The SMILES string of the molecule is O=C(O)CCC(=O)NC1CCCc2cc(F)ccc21. The molecule has 0 radical (unpaired) electrons. The lowest BCUT2D eigenvalue weighted by atomic mass is 9.87. The van der Waals surface area contributed by atoms with Gasteiger partial charge in [-0.1, -0.05) is 6.07 Å². The Labute approximate surface area is 110 Å². The third-order valence-corrected chi connectivity index (χ3v) is 3.32. The molecule has 4 nitrogen and oxygen atoms in total. The number of aryl methyl sites for hydroxylation is 1. The second kappa shape index (κ2) is 5.82. The number of carboxylic acid groups (broad SMARTS) is 1. The summed E-state index contributed by atoms with van der Waals surface area (Å²) >= 11 is 0. The molecule has 5 heteroatoms. The molecule has 0 saturated carbocycles. The number of aliphatic carboxylic acids is 1.